The van der Waals surface area contributed by atoms with E-state index in [1.807, 2.05) is 54.6 Å². The smallest absolute Gasteiger partial charge is 0.349 e. The van der Waals surface area contributed by atoms with Crippen LogP contribution in [0.15, 0.2) is 95.9 Å². The van der Waals surface area contributed by atoms with Gasteiger partial charge in [0.1, 0.15) is 23.7 Å². The lowest BCUT2D eigenvalue weighted by Gasteiger charge is -2.58. The van der Waals surface area contributed by atoms with Gasteiger partial charge in [0.2, 0.25) is 0 Å². The molecule has 0 aromatic heterocycles. The third-order valence-corrected chi connectivity index (χ3v) is 14.3. The number of amides is 1. The van der Waals surface area contributed by atoms with Crippen molar-refractivity contribution in [3.63, 3.8) is 0 Å². The number of carbonyl (C=O) groups is 2. The summed E-state index contributed by atoms with van der Waals surface area (Å²) in [7, 11) is -2.99. The molecule has 0 aliphatic carbocycles. The molecule has 1 N–H and O–H groups in total. The second-order valence-electron chi connectivity index (χ2n) is 13.1. The minimum absolute atomic E-state index is 0.283. The molecule has 2 aliphatic rings. The lowest BCUT2D eigenvalue weighted by molar-refractivity contribution is -0.194. The van der Waals surface area contributed by atoms with E-state index in [0.717, 1.165) is 4.90 Å². The van der Waals surface area contributed by atoms with E-state index in [2.05, 4.69) is 46.9 Å². The third-order valence-electron chi connectivity index (χ3n) is 7.96. The van der Waals surface area contributed by atoms with E-state index in [-0.39, 0.29) is 16.0 Å². The van der Waals surface area contributed by atoms with Gasteiger partial charge in [-0.15, -0.1) is 0 Å². The summed E-state index contributed by atoms with van der Waals surface area (Å²) in [5.41, 5.74) is 0.339. The van der Waals surface area contributed by atoms with Gasteiger partial charge in [-0.2, -0.15) is 0 Å². The highest BCUT2D eigenvalue weighted by atomic mass is 32.2. The van der Waals surface area contributed by atoms with E-state index in [9.17, 15) is 9.59 Å². The van der Waals surface area contributed by atoms with Crippen LogP contribution in [-0.2, 0) is 18.3 Å². The van der Waals surface area contributed by atoms with Crippen LogP contribution in [0.5, 0.6) is 0 Å². The van der Waals surface area contributed by atoms with E-state index in [0.29, 0.717) is 17.7 Å². The molecule has 5 rings (SSSR count). The van der Waals surface area contributed by atoms with Crippen LogP contribution in [0.3, 0.4) is 0 Å². The molecule has 0 unspecified atom stereocenters. The first-order chi connectivity index (χ1) is 20.4. The van der Waals surface area contributed by atoms with Crippen LogP contribution in [0.2, 0.25) is 10.1 Å². The topological polar surface area (TPSA) is 83.1 Å². The number of rotatable bonds is 6. The van der Waals surface area contributed by atoms with Crippen LogP contribution in [0, 0.1) is 0 Å². The van der Waals surface area contributed by atoms with Crippen LogP contribution in [0.1, 0.15) is 62.3 Å². The first-order valence-corrected chi connectivity index (χ1v) is 17.4. The highest BCUT2D eigenvalue weighted by molar-refractivity contribution is 7.99. The van der Waals surface area contributed by atoms with Crippen molar-refractivity contribution in [1.82, 2.24) is 5.32 Å². The number of hydrogen-bond acceptors (Lipinski definition) is 7. The van der Waals surface area contributed by atoms with Crippen LogP contribution < -0.4 is 5.32 Å². The number of thioether (sulfide) groups is 1. The van der Waals surface area contributed by atoms with Crippen molar-refractivity contribution in [2.75, 3.05) is 6.61 Å². The van der Waals surface area contributed by atoms with Gasteiger partial charge >= 0.3 is 14.5 Å². The molecule has 2 saturated heterocycles. The van der Waals surface area contributed by atoms with E-state index in [1.54, 1.807) is 36.4 Å². The maximum Gasteiger partial charge on any atom is 0.349 e. The van der Waals surface area contributed by atoms with E-state index in [4.69, 9.17) is 18.3 Å². The van der Waals surface area contributed by atoms with Crippen molar-refractivity contribution in [2.45, 2.75) is 86.3 Å². The molecule has 1 amide bonds. The number of ether oxygens (including phenoxy) is 2. The molecule has 0 saturated carbocycles. The number of esters is 1. The van der Waals surface area contributed by atoms with Gasteiger partial charge in [0, 0.05) is 20.5 Å². The zero-order valence-electron chi connectivity index (χ0n) is 25.6. The standard InChI is InChI=1S/C34H41NO6SSi/c1-33(2,3)43(34(4,5)6)38-22-26-28(41-43)29(40-31(37)24-18-12-8-13-19-24)27(35-30(36)23-16-10-7-11-17-23)32(39-26)42-25-20-14-9-15-21-25/h7-21,26-29,32H,22H2,1-6H3,(H,35,36)/t26-,27-,28+,29-,32+/m1/s1. The number of hydrogen-bond donors (Lipinski definition) is 1. The minimum atomic E-state index is -2.99. The SMILES string of the molecule is CC(C)(C)[Si]1(C(C)(C)C)OC[C@H]2O[C@@H](Sc3ccccc3)[C@H](NC(=O)c3ccccc3)[C@@H](OC(=O)c3ccccc3)[C@H]2O1. The summed E-state index contributed by atoms with van der Waals surface area (Å²) in [4.78, 5) is 28.3. The molecule has 0 radical (unpaired) electrons. The molecule has 9 heteroatoms. The molecular formula is C34H41NO6SSi. The predicted octanol–water partition coefficient (Wildman–Crippen LogP) is 6.99. The number of fused-ring (bicyclic) bond motifs is 1. The lowest BCUT2D eigenvalue weighted by atomic mass is 9.97. The van der Waals surface area contributed by atoms with Gasteiger partial charge in [-0.25, -0.2) is 4.79 Å². The summed E-state index contributed by atoms with van der Waals surface area (Å²) in [6.07, 6.45) is -2.01. The Morgan fingerprint density at radius 2 is 1.35 bits per heavy atom. The summed E-state index contributed by atoms with van der Waals surface area (Å²) in [6, 6.07) is 27.0. The fourth-order valence-electron chi connectivity index (χ4n) is 6.13. The maximum atomic E-state index is 13.7. The monoisotopic (exact) mass is 619 g/mol. The average Bonchev–Trinajstić information content (AvgIpc) is 2.98. The Morgan fingerprint density at radius 1 is 0.814 bits per heavy atom. The predicted molar refractivity (Wildman–Crippen MR) is 170 cm³/mol. The van der Waals surface area contributed by atoms with Crippen molar-refractivity contribution >= 4 is 32.2 Å². The van der Waals surface area contributed by atoms with Gasteiger partial charge in [-0.3, -0.25) is 4.79 Å². The lowest BCUT2D eigenvalue weighted by Crippen LogP contribution is -2.73. The number of carbonyl (C=O) groups excluding carboxylic acids is 2. The summed E-state index contributed by atoms with van der Waals surface area (Å²) in [5.74, 6) is -0.767. The molecule has 2 heterocycles. The Balaban J connectivity index is 1.58. The molecule has 3 aromatic rings. The Bertz CT molecular complexity index is 1380. The van der Waals surface area contributed by atoms with E-state index < -0.39 is 44.3 Å². The Morgan fingerprint density at radius 3 is 1.91 bits per heavy atom. The normalized spacial score (nSPS) is 25.3. The van der Waals surface area contributed by atoms with Crippen LogP contribution in [0.25, 0.3) is 0 Å². The second kappa shape index (κ2) is 12.6. The van der Waals surface area contributed by atoms with E-state index in [1.165, 1.54) is 11.8 Å². The van der Waals surface area contributed by atoms with Gasteiger partial charge in [0.05, 0.1) is 12.2 Å². The average molecular weight is 620 g/mol. The maximum absolute atomic E-state index is 13.7. The number of nitrogens with one attached hydrogen (secondary N) is 1. The summed E-state index contributed by atoms with van der Waals surface area (Å²) >= 11 is 1.48. The molecule has 228 valence electrons. The molecule has 0 bridgehead atoms. The highest BCUT2D eigenvalue weighted by Crippen LogP contribution is 2.55. The van der Waals surface area contributed by atoms with Crippen molar-refractivity contribution in [2.24, 2.45) is 0 Å². The molecule has 0 spiro atoms. The fourth-order valence-corrected chi connectivity index (χ4v) is 12.2. The Kier molecular flexibility index (Phi) is 9.20. The van der Waals surface area contributed by atoms with Gasteiger partial charge < -0.3 is 23.6 Å². The zero-order chi connectivity index (χ0) is 30.8. The van der Waals surface area contributed by atoms with Crippen LogP contribution in [-0.4, -0.2) is 56.8 Å². The van der Waals surface area contributed by atoms with Crippen molar-refractivity contribution in [3.8, 4) is 0 Å². The van der Waals surface area contributed by atoms with Gasteiger partial charge in [-0.1, -0.05) is 108 Å². The third kappa shape index (κ3) is 6.61. The zero-order valence-corrected chi connectivity index (χ0v) is 27.4. The van der Waals surface area contributed by atoms with Crippen LogP contribution in [0.4, 0.5) is 0 Å². The summed E-state index contributed by atoms with van der Waals surface area (Å²) in [6.45, 7) is 13.1. The van der Waals surface area contributed by atoms with Crippen molar-refractivity contribution in [1.29, 1.82) is 0 Å². The minimum Gasteiger partial charge on any atom is -0.454 e. The van der Waals surface area contributed by atoms with Crippen molar-refractivity contribution < 1.29 is 27.9 Å². The van der Waals surface area contributed by atoms with Gasteiger partial charge in [0.25, 0.3) is 5.91 Å². The van der Waals surface area contributed by atoms with E-state index >= 15 is 0 Å². The Labute approximate surface area is 259 Å². The first kappa shape index (κ1) is 31.5. The largest absolute Gasteiger partial charge is 0.454 e. The summed E-state index contributed by atoms with van der Waals surface area (Å²) < 4.78 is 27.0. The Hall–Kier alpha value is -2.95. The van der Waals surface area contributed by atoms with Crippen molar-refractivity contribution in [3.05, 3.63) is 102 Å². The quantitative estimate of drug-likeness (QED) is 0.235. The summed E-state index contributed by atoms with van der Waals surface area (Å²) in [5, 5.41) is 2.58. The van der Waals surface area contributed by atoms with Gasteiger partial charge in [0.15, 0.2) is 6.10 Å². The molecule has 2 fully saturated rings. The second-order valence-corrected chi connectivity index (χ2v) is 19.0. The first-order valence-electron chi connectivity index (χ1n) is 14.7. The fraction of sp³-hybridized carbons (Fsp3) is 0.412. The molecule has 5 atom stereocenters. The molecule has 7 nitrogen and oxygen atoms in total. The molecular weight excluding hydrogens is 579 g/mol. The van der Waals surface area contributed by atoms with Crippen LogP contribution >= 0.6 is 11.8 Å². The molecule has 3 aromatic carbocycles. The van der Waals surface area contributed by atoms with Gasteiger partial charge in [-0.05, 0) is 36.4 Å². The number of benzene rings is 3. The molecule has 43 heavy (non-hydrogen) atoms. The highest BCUT2D eigenvalue weighted by Gasteiger charge is 2.65. The molecule has 2 aliphatic heterocycles.